The van der Waals surface area contributed by atoms with Crippen LogP contribution in [-0.4, -0.2) is 87.5 Å². The number of unbranched alkanes of at least 4 members (excludes halogenated alkanes) is 22. The molecule has 0 aromatic heterocycles. The summed E-state index contributed by atoms with van der Waals surface area (Å²) in [4.78, 5) is 13.1. The molecule has 1 saturated heterocycles. The number of hydrogen-bond donors (Lipinski definition) is 6. The van der Waals surface area contributed by atoms with Crippen LogP contribution in [0.15, 0.2) is 122 Å². The number of carbonyl (C=O) groups excluding carboxylic acids is 1. The molecule has 1 aliphatic rings. The van der Waals surface area contributed by atoms with Crippen molar-refractivity contribution in [2.24, 2.45) is 0 Å². The van der Waals surface area contributed by atoms with E-state index in [1.807, 2.05) is 6.08 Å². The van der Waals surface area contributed by atoms with Crippen LogP contribution in [0.4, 0.5) is 0 Å². The average Bonchev–Trinajstić information content (AvgIpc) is 3.41. The van der Waals surface area contributed by atoms with Crippen molar-refractivity contribution >= 4 is 5.91 Å². The third kappa shape index (κ3) is 43.3. The first-order chi connectivity index (χ1) is 36.8. The van der Waals surface area contributed by atoms with E-state index in [0.717, 1.165) is 103 Å². The van der Waals surface area contributed by atoms with Crippen LogP contribution in [0.2, 0.25) is 0 Å². The van der Waals surface area contributed by atoms with Crippen LogP contribution in [-0.2, 0) is 14.3 Å². The molecular formula is C66H111NO8. The third-order valence-corrected chi connectivity index (χ3v) is 13.5. The Kier molecular flexibility index (Phi) is 50.1. The number of amides is 1. The first-order valence-corrected chi connectivity index (χ1v) is 30.3. The fourth-order valence-corrected chi connectivity index (χ4v) is 8.78. The van der Waals surface area contributed by atoms with Crippen LogP contribution in [0.5, 0.6) is 0 Å². The second-order valence-corrected chi connectivity index (χ2v) is 20.4. The highest BCUT2D eigenvalue weighted by atomic mass is 16.7. The van der Waals surface area contributed by atoms with E-state index in [1.54, 1.807) is 6.08 Å². The highest BCUT2D eigenvalue weighted by Gasteiger charge is 2.44. The summed E-state index contributed by atoms with van der Waals surface area (Å²) < 4.78 is 11.3. The Hall–Kier alpha value is -3.41. The molecule has 0 aliphatic carbocycles. The zero-order valence-electron chi connectivity index (χ0n) is 47.5. The molecule has 1 rings (SSSR count). The summed E-state index contributed by atoms with van der Waals surface area (Å²) in [7, 11) is 0. The molecule has 0 aromatic carbocycles. The van der Waals surface area contributed by atoms with Gasteiger partial charge in [0.15, 0.2) is 6.29 Å². The van der Waals surface area contributed by atoms with Crippen LogP contribution in [0, 0.1) is 0 Å². The van der Waals surface area contributed by atoms with E-state index in [1.165, 1.54) is 109 Å². The molecule has 1 fully saturated rings. The lowest BCUT2D eigenvalue weighted by Gasteiger charge is -2.40. The van der Waals surface area contributed by atoms with Crippen molar-refractivity contribution in [3.8, 4) is 0 Å². The average molecular weight is 1050 g/mol. The minimum atomic E-state index is -1.58. The number of aliphatic hydroxyl groups excluding tert-OH is 5. The van der Waals surface area contributed by atoms with Gasteiger partial charge in [0.05, 0.1) is 25.4 Å². The molecule has 1 amide bonds. The Morgan fingerprint density at radius 2 is 0.840 bits per heavy atom. The van der Waals surface area contributed by atoms with Crippen molar-refractivity contribution in [3.63, 3.8) is 0 Å². The lowest BCUT2D eigenvalue weighted by Crippen LogP contribution is -2.60. The smallest absolute Gasteiger partial charge is 0.220 e. The SMILES string of the molecule is CC/C=C\C/C=C\C/C=C\C/C=C\C/C=C\C/C=C\C/C=C\C/C=C\CCCCCCCCCCCCC(=O)NC(COC1OC(CO)C(O)C(O)C1O)C(O)/C=C/CC/C=C/CCCCCCCCCCCCC. The maximum Gasteiger partial charge on any atom is 0.220 e. The Morgan fingerprint density at radius 3 is 1.28 bits per heavy atom. The highest BCUT2D eigenvalue weighted by molar-refractivity contribution is 5.76. The van der Waals surface area contributed by atoms with Crippen molar-refractivity contribution in [3.05, 3.63) is 122 Å². The van der Waals surface area contributed by atoms with Crippen molar-refractivity contribution in [1.82, 2.24) is 5.32 Å². The maximum atomic E-state index is 13.1. The number of allylic oxidation sites excluding steroid dienone is 19. The predicted octanol–water partition coefficient (Wildman–Crippen LogP) is 15.5. The lowest BCUT2D eigenvalue weighted by atomic mass is 9.99. The van der Waals surface area contributed by atoms with E-state index in [9.17, 15) is 30.3 Å². The van der Waals surface area contributed by atoms with E-state index >= 15 is 0 Å². The standard InChI is InChI=1S/C66H111NO8/c1-3-5-7-9-11-13-15-17-19-21-22-23-24-25-26-27-28-29-30-31-32-33-34-35-36-37-38-40-42-44-46-48-50-52-54-56-62(70)67-59(58-74-66-65(73)64(72)63(71)61(57-68)75-66)60(69)55-53-51-49-47-45-43-41-39-20-18-16-14-12-10-8-6-4-2/h5,7,11,13,17,19,22-23,25-26,28-29,31-32,34-35,45,47,53,55,59-61,63-66,68-69,71-73H,3-4,6,8-10,12,14-16,18,20-21,24,27,30,33,36-44,46,48-52,54,56-58H2,1-2H3,(H,67,70)/b7-5-,13-11-,19-17-,23-22-,26-25-,29-28-,32-31-,35-34-,47-45+,55-53+. The fourth-order valence-electron chi connectivity index (χ4n) is 8.78. The summed E-state index contributed by atoms with van der Waals surface area (Å²) in [5.74, 6) is -0.196. The minimum absolute atomic E-state index is 0.196. The van der Waals surface area contributed by atoms with Crippen molar-refractivity contribution in [2.45, 2.75) is 275 Å². The third-order valence-electron chi connectivity index (χ3n) is 13.5. The van der Waals surface area contributed by atoms with Gasteiger partial charge in [0.1, 0.15) is 24.4 Å². The van der Waals surface area contributed by atoms with Gasteiger partial charge >= 0.3 is 0 Å². The van der Waals surface area contributed by atoms with Gasteiger partial charge in [0, 0.05) is 6.42 Å². The van der Waals surface area contributed by atoms with Crippen LogP contribution in [0.1, 0.15) is 232 Å². The molecule has 9 nitrogen and oxygen atoms in total. The van der Waals surface area contributed by atoms with Gasteiger partial charge in [-0.2, -0.15) is 0 Å². The number of carbonyl (C=O) groups is 1. The molecule has 0 saturated carbocycles. The summed E-state index contributed by atoms with van der Waals surface area (Å²) in [5, 5.41) is 54.5. The minimum Gasteiger partial charge on any atom is -0.394 e. The Bertz CT molecular complexity index is 1590. The molecule has 1 aliphatic heterocycles. The van der Waals surface area contributed by atoms with E-state index < -0.39 is 49.5 Å². The van der Waals surface area contributed by atoms with Crippen molar-refractivity contribution in [1.29, 1.82) is 0 Å². The summed E-state index contributed by atoms with van der Waals surface area (Å²) >= 11 is 0. The predicted molar refractivity (Wildman–Crippen MR) is 317 cm³/mol. The van der Waals surface area contributed by atoms with E-state index in [2.05, 4.69) is 129 Å². The molecule has 75 heavy (non-hydrogen) atoms. The van der Waals surface area contributed by atoms with Crippen LogP contribution in [0.25, 0.3) is 0 Å². The molecule has 1 heterocycles. The van der Waals surface area contributed by atoms with Gasteiger partial charge in [-0.25, -0.2) is 0 Å². The van der Waals surface area contributed by atoms with Gasteiger partial charge in [0.2, 0.25) is 5.91 Å². The second kappa shape index (κ2) is 54.0. The maximum absolute atomic E-state index is 13.1. The van der Waals surface area contributed by atoms with Gasteiger partial charge in [0.25, 0.3) is 0 Å². The first-order valence-electron chi connectivity index (χ1n) is 30.3. The highest BCUT2D eigenvalue weighted by Crippen LogP contribution is 2.23. The van der Waals surface area contributed by atoms with Gasteiger partial charge in [-0.3, -0.25) is 4.79 Å². The molecular weight excluding hydrogens is 935 g/mol. The number of hydrogen-bond acceptors (Lipinski definition) is 8. The first kappa shape index (κ1) is 69.6. The normalized spacial score (nSPS) is 19.8. The quantitative estimate of drug-likeness (QED) is 0.0261. The summed E-state index contributed by atoms with van der Waals surface area (Å²) in [6.45, 7) is 3.64. The van der Waals surface area contributed by atoms with Gasteiger partial charge in [-0.1, -0.05) is 251 Å². The molecule has 7 unspecified atom stereocenters. The van der Waals surface area contributed by atoms with Crippen LogP contribution in [0.3, 0.4) is 0 Å². The Morgan fingerprint density at radius 1 is 0.467 bits per heavy atom. The topological polar surface area (TPSA) is 149 Å². The zero-order valence-corrected chi connectivity index (χ0v) is 47.5. The van der Waals surface area contributed by atoms with Crippen molar-refractivity contribution < 1.29 is 39.8 Å². The number of ether oxygens (including phenoxy) is 2. The van der Waals surface area contributed by atoms with E-state index in [-0.39, 0.29) is 12.5 Å². The lowest BCUT2D eigenvalue weighted by molar-refractivity contribution is -0.302. The van der Waals surface area contributed by atoms with E-state index in [0.29, 0.717) is 6.42 Å². The number of aliphatic hydroxyl groups is 5. The molecule has 6 N–H and O–H groups in total. The van der Waals surface area contributed by atoms with Crippen LogP contribution < -0.4 is 5.32 Å². The summed E-state index contributed by atoms with van der Waals surface area (Å²) in [5.41, 5.74) is 0. The fraction of sp³-hybridized carbons (Fsp3) is 0.682. The molecule has 0 radical (unpaired) electrons. The summed E-state index contributed by atoms with van der Waals surface area (Å²) in [6, 6.07) is -0.832. The number of nitrogens with one attached hydrogen (secondary N) is 1. The van der Waals surface area contributed by atoms with E-state index in [4.69, 9.17) is 9.47 Å². The van der Waals surface area contributed by atoms with Gasteiger partial charge < -0.3 is 40.3 Å². The summed E-state index contributed by atoms with van der Waals surface area (Å²) in [6.07, 6.45) is 74.1. The van der Waals surface area contributed by atoms with Gasteiger partial charge in [-0.05, 0) is 96.3 Å². The molecule has 0 spiro atoms. The second-order valence-electron chi connectivity index (χ2n) is 20.4. The molecule has 9 heteroatoms. The number of rotatable bonds is 50. The Balaban J connectivity index is 2.20. The molecule has 7 atom stereocenters. The monoisotopic (exact) mass is 1050 g/mol. The van der Waals surface area contributed by atoms with Crippen LogP contribution >= 0.6 is 0 Å². The Labute approximate surface area is 458 Å². The molecule has 0 bridgehead atoms. The van der Waals surface area contributed by atoms with Gasteiger partial charge in [-0.15, -0.1) is 0 Å². The molecule has 428 valence electrons. The zero-order chi connectivity index (χ0) is 54.3. The largest absolute Gasteiger partial charge is 0.394 e. The van der Waals surface area contributed by atoms with Crippen molar-refractivity contribution in [2.75, 3.05) is 13.2 Å². The molecule has 0 aromatic rings.